The number of pyridine rings is 1. The van der Waals surface area contributed by atoms with Crippen molar-refractivity contribution in [3.8, 4) is 17.0 Å². The molecule has 0 saturated carbocycles. The molecule has 0 aliphatic rings. The molecular formula is C12H10BrNO. The second-order valence-corrected chi connectivity index (χ2v) is 3.92. The molecule has 76 valence electrons. The Bertz CT molecular complexity index is 453. The molecule has 0 aliphatic carbocycles. The maximum absolute atomic E-state index is 5.06. The predicted molar refractivity (Wildman–Crippen MR) is 63.9 cm³/mol. The molecule has 2 rings (SSSR count). The van der Waals surface area contributed by atoms with Crippen molar-refractivity contribution in [3.63, 3.8) is 0 Å². The lowest BCUT2D eigenvalue weighted by Gasteiger charge is -2.04. The van der Waals surface area contributed by atoms with E-state index in [2.05, 4.69) is 20.9 Å². The van der Waals surface area contributed by atoms with E-state index in [4.69, 9.17) is 4.74 Å². The minimum absolute atomic E-state index is 0.769. The van der Waals surface area contributed by atoms with E-state index in [9.17, 15) is 0 Å². The summed E-state index contributed by atoms with van der Waals surface area (Å²) in [4.78, 5) is 4.33. The highest BCUT2D eigenvalue weighted by atomic mass is 79.9. The van der Waals surface area contributed by atoms with Gasteiger partial charge >= 0.3 is 0 Å². The van der Waals surface area contributed by atoms with Crippen LogP contribution in [-0.2, 0) is 0 Å². The van der Waals surface area contributed by atoms with Crippen LogP contribution in [0.25, 0.3) is 11.3 Å². The molecule has 2 nitrogen and oxygen atoms in total. The molecule has 0 spiro atoms. The molecule has 1 aromatic carbocycles. The first-order valence-electron chi connectivity index (χ1n) is 4.56. The van der Waals surface area contributed by atoms with Gasteiger partial charge in [-0.1, -0.05) is 34.1 Å². The van der Waals surface area contributed by atoms with Crippen molar-refractivity contribution in [3.05, 3.63) is 47.1 Å². The summed E-state index contributed by atoms with van der Waals surface area (Å²) in [5.41, 5.74) is 2.02. The third-order valence-electron chi connectivity index (χ3n) is 2.12. The first kappa shape index (κ1) is 10.2. The molecule has 0 aliphatic heterocycles. The molecule has 0 amide bonds. The van der Waals surface area contributed by atoms with Gasteiger partial charge in [-0.2, -0.15) is 0 Å². The lowest BCUT2D eigenvalue weighted by molar-refractivity contribution is 0.413. The first-order chi connectivity index (χ1) is 7.31. The maximum atomic E-state index is 5.06. The van der Waals surface area contributed by atoms with Crippen LogP contribution in [-0.4, -0.2) is 12.1 Å². The number of aromatic nitrogens is 1. The predicted octanol–water partition coefficient (Wildman–Crippen LogP) is 3.52. The summed E-state index contributed by atoms with van der Waals surface area (Å²) in [5, 5.41) is 0. The summed E-state index contributed by atoms with van der Waals surface area (Å²) in [6, 6.07) is 11.9. The molecule has 2 aromatic rings. The fraction of sp³-hybridized carbons (Fsp3) is 0.0833. The molecule has 0 atom stereocenters. The highest BCUT2D eigenvalue weighted by Crippen LogP contribution is 2.26. The lowest BCUT2D eigenvalue weighted by atomic mass is 10.1. The normalized spacial score (nSPS) is 10.0. The van der Waals surface area contributed by atoms with Crippen LogP contribution in [0.4, 0.5) is 0 Å². The van der Waals surface area contributed by atoms with Crippen molar-refractivity contribution in [1.82, 2.24) is 4.98 Å². The van der Waals surface area contributed by atoms with E-state index >= 15 is 0 Å². The molecule has 0 saturated heterocycles. The molecule has 1 heterocycles. The van der Waals surface area contributed by atoms with Crippen LogP contribution in [0.1, 0.15) is 0 Å². The Hall–Kier alpha value is -1.35. The Morgan fingerprint density at radius 3 is 2.53 bits per heavy atom. The van der Waals surface area contributed by atoms with Crippen LogP contribution in [0.2, 0.25) is 0 Å². The van der Waals surface area contributed by atoms with Crippen molar-refractivity contribution < 1.29 is 4.74 Å². The van der Waals surface area contributed by atoms with Gasteiger partial charge in [-0.3, -0.25) is 4.98 Å². The molecule has 0 bridgehead atoms. The Morgan fingerprint density at radius 1 is 1.13 bits per heavy atom. The molecule has 15 heavy (non-hydrogen) atoms. The molecule has 0 unspecified atom stereocenters. The Morgan fingerprint density at radius 2 is 1.93 bits per heavy atom. The van der Waals surface area contributed by atoms with Gasteiger partial charge in [0.25, 0.3) is 0 Å². The van der Waals surface area contributed by atoms with Gasteiger partial charge in [0, 0.05) is 10.0 Å². The number of ether oxygens (including phenoxy) is 1. The van der Waals surface area contributed by atoms with Crippen molar-refractivity contribution in [2.75, 3.05) is 7.11 Å². The van der Waals surface area contributed by atoms with Gasteiger partial charge in [-0.05, 0) is 18.2 Å². The quantitative estimate of drug-likeness (QED) is 0.827. The zero-order valence-corrected chi connectivity index (χ0v) is 9.86. The van der Waals surface area contributed by atoms with E-state index in [1.165, 1.54) is 0 Å². The highest BCUT2D eigenvalue weighted by Gasteiger charge is 2.02. The van der Waals surface area contributed by atoms with E-state index in [-0.39, 0.29) is 0 Å². The van der Waals surface area contributed by atoms with Gasteiger partial charge in [0.15, 0.2) is 0 Å². The van der Waals surface area contributed by atoms with Crippen LogP contribution >= 0.6 is 15.9 Å². The smallest absolute Gasteiger partial charge is 0.137 e. The number of nitrogens with zero attached hydrogens (tertiary/aromatic N) is 1. The third kappa shape index (κ3) is 2.18. The van der Waals surface area contributed by atoms with Crippen LogP contribution in [0, 0.1) is 0 Å². The standard InChI is InChI=1S/C12H10BrNO/c1-15-9-6-7-12(14-8-9)10-4-2-3-5-11(10)13/h2-8H,1H3. The second-order valence-electron chi connectivity index (χ2n) is 3.06. The number of hydrogen-bond donors (Lipinski definition) is 0. The number of hydrogen-bond acceptors (Lipinski definition) is 2. The molecule has 0 radical (unpaired) electrons. The topological polar surface area (TPSA) is 22.1 Å². The fourth-order valence-electron chi connectivity index (χ4n) is 1.33. The lowest BCUT2D eigenvalue weighted by Crippen LogP contribution is -1.87. The summed E-state index contributed by atoms with van der Waals surface area (Å²) < 4.78 is 6.11. The average Bonchev–Trinajstić information content (AvgIpc) is 2.30. The van der Waals surface area contributed by atoms with Crippen LogP contribution in [0.5, 0.6) is 5.75 Å². The fourth-order valence-corrected chi connectivity index (χ4v) is 1.82. The second kappa shape index (κ2) is 4.45. The van der Waals surface area contributed by atoms with Crippen LogP contribution < -0.4 is 4.74 Å². The maximum Gasteiger partial charge on any atom is 0.137 e. The minimum atomic E-state index is 0.769. The molecule has 1 aromatic heterocycles. The number of rotatable bonds is 2. The van der Waals surface area contributed by atoms with Gasteiger partial charge < -0.3 is 4.74 Å². The monoisotopic (exact) mass is 263 g/mol. The molecule has 3 heteroatoms. The summed E-state index contributed by atoms with van der Waals surface area (Å²) in [6.45, 7) is 0. The molecule has 0 fully saturated rings. The van der Waals surface area contributed by atoms with E-state index in [1.54, 1.807) is 13.3 Å². The Kier molecular flexibility index (Phi) is 3.02. The van der Waals surface area contributed by atoms with E-state index < -0.39 is 0 Å². The third-order valence-corrected chi connectivity index (χ3v) is 2.81. The zero-order chi connectivity index (χ0) is 10.7. The van der Waals surface area contributed by atoms with Crippen molar-refractivity contribution in [2.45, 2.75) is 0 Å². The average molecular weight is 264 g/mol. The van der Waals surface area contributed by atoms with Gasteiger partial charge in [-0.15, -0.1) is 0 Å². The SMILES string of the molecule is COc1ccc(-c2ccccc2Br)nc1. The van der Waals surface area contributed by atoms with E-state index in [0.29, 0.717) is 0 Å². The summed E-state index contributed by atoms with van der Waals surface area (Å²) >= 11 is 3.50. The van der Waals surface area contributed by atoms with E-state index in [1.807, 2.05) is 36.4 Å². The van der Waals surface area contributed by atoms with Crippen molar-refractivity contribution in [2.24, 2.45) is 0 Å². The summed E-state index contributed by atoms with van der Waals surface area (Å²) in [7, 11) is 1.63. The van der Waals surface area contributed by atoms with Crippen LogP contribution in [0.15, 0.2) is 47.1 Å². The number of benzene rings is 1. The van der Waals surface area contributed by atoms with Crippen LogP contribution in [0.3, 0.4) is 0 Å². The number of halogens is 1. The molecular weight excluding hydrogens is 254 g/mol. The van der Waals surface area contributed by atoms with Gasteiger partial charge in [0.1, 0.15) is 5.75 Å². The first-order valence-corrected chi connectivity index (χ1v) is 5.35. The molecule has 0 N–H and O–H groups in total. The van der Waals surface area contributed by atoms with Gasteiger partial charge in [0.2, 0.25) is 0 Å². The Balaban J connectivity index is 2.42. The van der Waals surface area contributed by atoms with Crippen molar-refractivity contribution in [1.29, 1.82) is 0 Å². The summed E-state index contributed by atoms with van der Waals surface area (Å²) in [6.07, 6.45) is 1.72. The summed E-state index contributed by atoms with van der Waals surface area (Å²) in [5.74, 6) is 0.769. The Labute approximate surface area is 97.1 Å². The van der Waals surface area contributed by atoms with Crippen molar-refractivity contribution >= 4 is 15.9 Å². The van der Waals surface area contributed by atoms with E-state index in [0.717, 1.165) is 21.5 Å². The zero-order valence-electron chi connectivity index (χ0n) is 8.27. The van der Waals surface area contributed by atoms with Gasteiger partial charge in [-0.25, -0.2) is 0 Å². The highest BCUT2D eigenvalue weighted by molar-refractivity contribution is 9.10. The minimum Gasteiger partial charge on any atom is -0.495 e. The van der Waals surface area contributed by atoms with Gasteiger partial charge in [0.05, 0.1) is 19.0 Å². The number of methoxy groups -OCH3 is 1. The largest absolute Gasteiger partial charge is 0.495 e.